The van der Waals surface area contributed by atoms with Gasteiger partial charge in [0.1, 0.15) is 11.4 Å². The summed E-state index contributed by atoms with van der Waals surface area (Å²) >= 11 is 5.93. The first-order valence-electron chi connectivity index (χ1n) is 11.0. The maximum Gasteiger partial charge on any atom is 0.262 e. The van der Waals surface area contributed by atoms with Gasteiger partial charge in [-0.25, -0.2) is 0 Å². The summed E-state index contributed by atoms with van der Waals surface area (Å²) in [6.45, 7) is 2.40. The van der Waals surface area contributed by atoms with Crippen molar-refractivity contribution in [1.82, 2.24) is 20.5 Å². The molecule has 2 atom stereocenters. The fraction of sp³-hybridized carbons (Fsp3) is 0.391. The van der Waals surface area contributed by atoms with E-state index in [1.807, 2.05) is 0 Å². The lowest BCUT2D eigenvalue weighted by Crippen LogP contribution is -2.43. The van der Waals surface area contributed by atoms with Crippen LogP contribution in [0.25, 0.3) is 0 Å². The summed E-state index contributed by atoms with van der Waals surface area (Å²) in [4.78, 5) is 53.3. The number of anilines is 1. The number of rotatable bonds is 7. The Morgan fingerprint density at radius 1 is 1.15 bits per heavy atom. The van der Waals surface area contributed by atoms with Gasteiger partial charge < -0.3 is 21.4 Å². The molecule has 0 aliphatic carbocycles. The molecular weight excluding hydrogens is 446 g/mol. The molecule has 2 aromatic rings. The minimum atomic E-state index is -0.586. The number of aromatic nitrogens is 1. The van der Waals surface area contributed by atoms with E-state index in [9.17, 15) is 19.2 Å². The van der Waals surface area contributed by atoms with Crippen LogP contribution in [-0.2, 0) is 0 Å². The number of hydrogen-bond acceptors (Lipinski definition) is 6. The molecule has 0 radical (unpaired) electrons. The number of hydrogen-bond donors (Lipinski definition) is 4. The summed E-state index contributed by atoms with van der Waals surface area (Å²) in [7, 11) is 0. The van der Waals surface area contributed by atoms with Crippen molar-refractivity contribution in [3.8, 4) is 0 Å². The van der Waals surface area contributed by atoms with Crippen LogP contribution < -0.4 is 21.9 Å². The lowest BCUT2D eigenvalue weighted by molar-refractivity contribution is 0.0645. The Hall–Kier alpha value is -3.17. The number of H-pyrrole nitrogens is 1. The summed E-state index contributed by atoms with van der Waals surface area (Å²) in [5.41, 5.74) is 5.81. The molecule has 1 saturated heterocycles. The number of imide groups is 1. The topological polar surface area (TPSA) is 137 Å². The lowest BCUT2D eigenvalue weighted by atomic mass is 9.83. The Bertz CT molecular complexity index is 1110. The maximum absolute atomic E-state index is 12.5. The third-order valence-corrected chi connectivity index (χ3v) is 6.70. The number of halogens is 1. The molecule has 0 bridgehead atoms. The minimum Gasteiger partial charge on any atom is -0.384 e. The standard InChI is InChI=1S/C23H26ClN5O4/c24-18-10-17(21(31)28-19(18)25)20(30)27-12-14-7-8-26-11-13(14)4-3-9-29-22(32)15-5-1-2-6-16(15)23(29)33/h1-2,5-6,10,13-14,26H,3-4,7-9,11-12H2,(H,27,30)(H3,25,28,31). The van der Waals surface area contributed by atoms with Crippen LogP contribution in [0.1, 0.15) is 50.3 Å². The first kappa shape index (κ1) is 23.0. The molecule has 3 heterocycles. The Balaban J connectivity index is 1.32. The molecule has 2 aliphatic heterocycles. The summed E-state index contributed by atoms with van der Waals surface area (Å²) in [6, 6.07) is 8.14. The summed E-state index contributed by atoms with van der Waals surface area (Å²) in [6.07, 6.45) is 2.35. The monoisotopic (exact) mass is 471 g/mol. The molecular formula is C23H26ClN5O4. The highest BCUT2D eigenvalue weighted by molar-refractivity contribution is 6.33. The predicted molar refractivity (Wildman–Crippen MR) is 124 cm³/mol. The number of amides is 3. The molecule has 2 aliphatic rings. The number of fused-ring (bicyclic) bond motifs is 1. The number of nitrogen functional groups attached to an aromatic ring is 1. The predicted octanol–water partition coefficient (Wildman–Crippen LogP) is 1.64. The van der Waals surface area contributed by atoms with E-state index in [1.54, 1.807) is 24.3 Å². The molecule has 4 rings (SSSR count). The zero-order valence-corrected chi connectivity index (χ0v) is 18.8. The highest BCUT2D eigenvalue weighted by atomic mass is 35.5. The molecule has 10 heteroatoms. The van der Waals surface area contributed by atoms with Crippen molar-refractivity contribution in [2.24, 2.45) is 11.8 Å². The van der Waals surface area contributed by atoms with Gasteiger partial charge >= 0.3 is 0 Å². The van der Waals surface area contributed by atoms with Crippen molar-refractivity contribution >= 4 is 35.1 Å². The average molecular weight is 472 g/mol. The van der Waals surface area contributed by atoms with Crippen molar-refractivity contribution in [2.45, 2.75) is 19.3 Å². The second-order valence-corrected chi connectivity index (χ2v) is 8.85. The van der Waals surface area contributed by atoms with Crippen molar-refractivity contribution in [2.75, 3.05) is 31.9 Å². The van der Waals surface area contributed by atoms with E-state index in [4.69, 9.17) is 17.3 Å². The second kappa shape index (κ2) is 9.76. The van der Waals surface area contributed by atoms with Gasteiger partial charge in [0.2, 0.25) is 0 Å². The van der Waals surface area contributed by atoms with E-state index in [-0.39, 0.29) is 40.1 Å². The van der Waals surface area contributed by atoms with Crippen LogP contribution in [0.15, 0.2) is 35.1 Å². The van der Waals surface area contributed by atoms with Gasteiger partial charge in [-0.2, -0.15) is 0 Å². The molecule has 174 valence electrons. The van der Waals surface area contributed by atoms with Crippen LogP contribution in [0.3, 0.4) is 0 Å². The van der Waals surface area contributed by atoms with Crippen LogP contribution in [0.4, 0.5) is 5.82 Å². The first-order chi connectivity index (χ1) is 15.9. The number of benzene rings is 1. The summed E-state index contributed by atoms with van der Waals surface area (Å²) in [5, 5.41) is 6.33. The fourth-order valence-electron chi connectivity index (χ4n) is 4.54. The molecule has 0 saturated carbocycles. The second-order valence-electron chi connectivity index (χ2n) is 8.45. The minimum absolute atomic E-state index is 0.0229. The average Bonchev–Trinajstić information content (AvgIpc) is 3.05. The highest BCUT2D eigenvalue weighted by Crippen LogP contribution is 2.26. The number of piperidine rings is 1. The molecule has 1 aromatic heterocycles. The van der Waals surface area contributed by atoms with Gasteiger partial charge in [0.25, 0.3) is 23.3 Å². The number of carbonyl (C=O) groups is 3. The van der Waals surface area contributed by atoms with Gasteiger partial charge in [-0.15, -0.1) is 0 Å². The zero-order chi connectivity index (χ0) is 23.5. The van der Waals surface area contributed by atoms with Crippen molar-refractivity contribution in [1.29, 1.82) is 0 Å². The van der Waals surface area contributed by atoms with E-state index < -0.39 is 11.5 Å². The number of carbonyl (C=O) groups excluding carboxylic acids is 3. The number of aromatic amines is 1. The quantitative estimate of drug-likeness (QED) is 0.453. The van der Waals surface area contributed by atoms with Crippen molar-refractivity contribution < 1.29 is 14.4 Å². The number of nitrogens with two attached hydrogens (primary N) is 1. The Labute approximate surface area is 195 Å². The Morgan fingerprint density at radius 2 is 1.85 bits per heavy atom. The molecule has 9 nitrogen and oxygen atoms in total. The molecule has 3 amide bonds. The summed E-state index contributed by atoms with van der Waals surface area (Å²) < 4.78 is 0. The van der Waals surface area contributed by atoms with Gasteiger partial charge in [-0.05, 0) is 62.4 Å². The number of pyridine rings is 1. The van der Waals surface area contributed by atoms with Crippen molar-refractivity contribution in [3.63, 3.8) is 0 Å². The smallest absolute Gasteiger partial charge is 0.262 e. The molecule has 33 heavy (non-hydrogen) atoms. The molecule has 1 fully saturated rings. The molecule has 2 unspecified atom stereocenters. The third kappa shape index (κ3) is 4.79. The Morgan fingerprint density at radius 3 is 2.55 bits per heavy atom. The Kier molecular flexibility index (Phi) is 6.80. The summed E-state index contributed by atoms with van der Waals surface area (Å²) in [5.74, 6) is -0.485. The van der Waals surface area contributed by atoms with Crippen LogP contribution in [-0.4, -0.2) is 53.8 Å². The molecule has 5 N–H and O–H groups in total. The molecule has 0 spiro atoms. The van der Waals surface area contributed by atoms with E-state index in [2.05, 4.69) is 15.6 Å². The van der Waals surface area contributed by atoms with E-state index in [1.165, 1.54) is 11.0 Å². The van der Waals surface area contributed by atoms with Crippen LogP contribution in [0.2, 0.25) is 5.02 Å². The number of nitrogens with one attached hydrogen (secondary N) is 3. The molecule has 1 aromatic carbocycles. The normalized spacial score (nSPS) is 20.1. The SMILES string of the molecule is Nc1[nH]c(=O)c(C(=O)NCC2CCNCC2CCCN2C(=O)c3ccccc3C2=O)cc1Cl. The first-order valence-corrected chi connectivity index (χ1v) is 11.4. The number of nitrogens with zero attached hydrogens (tertiary/aromatic N) is 1. The largest absolute Gasteiger partial charge is 0.384 e. The zero-order valence-electron chi connectivity index (χ0n) is 18.0. The van der Waals surface area contributed by atoms with Gasteiger partial charge in [0, 0.05) is 13.1 Å². The van der Waals surface area contributed by atoms with Crippen molar-refractivity contribution in [3.05, 3.63) is 62.4 Å². The third-order valence-electron chi connectivity index (χ3n) is 6.39. The van der Waals surface area contributed by atoms with Crippen LogP contribution in [0.5, 0.6) is 0 Å². The van der Waals surface area contributed by atoms with E-state index in [0.717, 1.165) is 25.9 Å². The van der Waals surface area contributed by atoms with Gasteiger partial charge in [0.15, 0.2) is 0 Å². The van der Waals surface area contributed by atoms with Gasteiger partial charge in [0.05, 0.1) is 16.1 Å². The maximum atomic E-state index is 12.5. The van der Waals surface area contributed by atoms with E-state index >= 15 is 0 Å². The fourth-order valence-corrected chi connectivity index (χ4v) is 4.70. The van der Waals surface area contributed by atoms with Crippen LogP contribution in [0, 0.1) is 11.8 Å². The van der Waals surface area contributed by atoms with Gasteiger partial charge in [-0.1, -0.05) is 23.7 Å². The highest BCUT2D eigenvalue weighted by Gasteiger charge is 2.35. The van der Waals surface area contributed by atoms with Crippen LogP contribution >= 0.6 is 11.6 Å². The van der Waals surface area contributed by atoms with Gasteiger partial charge in [-0.3, -0.25) is 24.1 Å². The van der Waals surface area contributed by atoms with E-state index in [0.29, 0.717) is 30.6 Å². The lowest BCUT2D eigenvalue weighted by Gasteiger charge is -2.32.